The van der Waals surface area contributed by atoms with E-state index in [0.29, 0.717) is 10.7 Å². The molecule has 0 fully saturated rings. The van der Waals surface area contributed by atoms with Gasteiger partial charge in [0, 0.05) is 11.8 Å². The first-order chi connectivity index (χ1) is 11.0. The van der Waals surface area contributed by atoms with Crippen molar-refractivity contribution in [3.8, 4) is 0 Å². The second-order valence-corrected chi connectivity index (χ2v) is 7.64. The molecule has 0 bridgehead atoms. The number of hydrogen-bond acceptors (Lipinski definition) is 5. The van der Waals surface area contributed by atoms with Crippen LogP contribution in [0.1, 0.15) is 40.2 Å². The zero-order valence-electron chi connectivity index (χ0n) is 15.4. The van der Waals surface area contributed by atoms with Crippen LogP contribution in [0.2, 0.25) is 5.15 Å². The van der Waals surface area contributed by atoms with Crippen LogP contribution in [0.15, 0.2) is 18.3 Å². The summed E-state index contributed by atoms with van der Waals surface area (Å²) in [7, 11) is 6.68. The molecule has 0 N–H and O–H groups in total. The van der Waals surface area contributed by atoms with Gasteiger partial charge >= 0.3 is 5.97 Å². The third-order valence-corrected chi connectivity index (χ3v) is 5.40. The smallest absolute Gasteiger partial charge is 0.354 e. The molecule has 0 spiro atoms. The van der Waals surface area contributed by atoms with Gasteiger partial charge in [0.2, 0.25) is 16.2 Å². The Kier molecular flexibility index (Phi) is 6.60. The van der Waals surface area contributed by atoms with Crippen molar-refractivity contribution in [1.29, 1.82) is 0 Å². The van der Waals surface area contributed by atoms with E-state index in [0.717, 1.165) is 0 Å². The first-order valence-electron chi connectivity index (χ1n) is 7.81. The van der Waals surface area contributed by atoms with E-state index in [2.05, 4.69) is 15.5 Å². The minimum absolute atomic E-state index is 0.241. The fourth-order valence-electron chi connectivity index (χ4n) is 3.15. The van der Waals surface area contributed by atoms with Gasteiger partial charge in [-0.2, -0.15) is 0 Å². The fourth-order valence-corrected chi connectivity index (χ4v) is 3.93. The number of hydrogen-bond donors (Lipinski definition) is 0. The first-order valence-corrected chi connectivity index (χ1v) is 8.59. The van der Waals surface area contributed by atoms with Gasteiger partial charge in [-0.1, -0.05) is 45.4 Å². The molecule has 0 amide bonds. The molecule has 0 aliphatic rings. The number of pyridine rings is 1. The Bertz CT molecular complexity index is 591. The van der Waals surface area contributed by atoms with Crippen LogP contribution >= 0.6 is 11.6 Å². The highest BCUT2D eigenvalue weighted by molar-refractivity contribution is 6.30. The van der Waals surface area contributed by atoms with Gasteiger partial charge < -0.3 is 9.16 Å². The zero-order valence-corrected chi connectivity index (χ0v) is 17.2. The van der Waals surface area contributed by atoms with E-state index in [4.69, 9.17) is 20.8 Å². The van der Waals surface area contributed by atoms with Gasteiger partial charge in [0.1, 0.15) is 5.15 Å². The van der Waals surface area contributed by atoms with E-state index in [1.807, 2.05) is 33.8 Å². The summed E-state index contributed by atoms with van der Waals surface area (Å²) in [5, 5.41) is 0.328. The van der Waals surface area contributed by atoms with Gasteiger partial charge in [0.25, 0.3) is 0 Å². The predicted octanol–water partition coefficient (Wildman–Crippen LogP) is 2.96. The molecule has 2 unspecified atom stereocenters. The molecular formula is C17H26ClN2O3Si. The van der Waals surface area contributed by atoms with Crippen molar-refractivity contribution in [2.24, 2.45) is 5.41 Å². The molecule has 5 nitrogen and oxygen atoms in total. The summed E-state index contributed by atoms with van der Waals surface area (Å²) in [6.45, 7) is 10.0. The van der Waals surface area contributed by atoms with Gasteiger partial charge in [-0.05, 0) is 32.5 Å². The molecule has 0 saturated heterocycles. The number of esters is 1. The highest BCUT2D eigenvalue weighted by Crippen LogP contribution is 2.53. The summed E-state index contributed by atoms with van der Waals surface area (Å²) in [5.41, 5.74) is -2.06. The lowest BCUT2D eigenvalue weighted by atomic mass is 9.58. The number of aromatic nitrogens is 1. The molecule has 7 heteroatoms. The maximum atomic E-state index is 13.0. The maximum absolute atomic E-state index is 13.0. The summed E-state index contributed by atoms with van der Waals surface area (Å²) >= 11 is 6.41. The second-order valence-electron chi connectivity index (χ2n) is 7.08. The van der Waals surface area contributed by atoms with Crippen molar-refractivity contribution in [2.45, 2.75) is 45.8 Å². The molecule has 3 radical (unpaired) electrons. The van der Waals surface area contributed by atoms with Crippen molar-refractivity contribution in [2.75, 3.05) is 20.7 Å². The Morgan fingerprint density at radius 3 is 2.29 bits per heavy atom. The number of nitrogens with zero attached hydrogens (tertiary/aromatic N) is 2. The fraction of sp³-hybridized carbons (Fsp3) is 0.647. The zero-order chi connectivity index (χ0) is 18.8. The molecule has 24 heavy (non-hydrogen) atoms. The summed E-state index contributed by atoms with van der Waals surface area (Å²) in [6.07, 6.45) is 1.62. The monoisotopic (exact) mass is 369 g/mol. The van der Waals surface area contributed by atoms with Crippen molar-refractivity contribution in [3.63, 3.8) is 0 Å². The van der Waals surface area contributed by atoms with Crippen molar-refractivity contribution >= 4 is 28.1 Å². The van der Waals surface area contributed by atoms with Crippen LogP contribution in [0.4, 0.5) is 0 Å². The molecule has 0 aliphatic heterocycles. The molecule has 1 heterocycles. The average molecular weight is 370 g/mol. The number of carbonyl (C=O) groups is 1. The Hall–Kier alpha value is -0.953. The standard InChI is InChI=1S/C17H26ClN2O3Si/c1-8-22-14(21)17(23-24,20(6)7)16(5,15(2,3)4)12-10-9-11-19-13(12)18/h9-11H,8H2,1-7H3. The number of rotatable bonds is 6. The summed E-state index contributed by atoms with van der Waals surface area (Å²) in [5.74, 6) is -0.498. The molecule has 0 aliphatic carbocycles. The minimum Gasteiger partial charge on any atom is -0.463 e. The molecule has 1 aromatic rings. The van der Waals surface area contributed by atoms with E-state index in [-0.39, 0.29) is 6.61 Å². The Balaban J connectivity index is 3.86. The number of halogens is 1. The van der Waals surface area contributed by atoms with Gasteiger partial charge in [-0.3, -0.25) is 4.90 Å². The molecule has 0 aromatic carbocycles. The number of ether oxygens (including phenoxy) is 1. The van der Waals surface area contributed by atoms with Crippen LogP contribution in [0, 0.1) is 5.41 Å². The van der Waals surface area contributed by atoms with Crippen LogP contribution in [0.3, 0.4) is 0 Å². The molecule has 1 aromatic heterocycles. The van der Waals surface area contributed by atoms with Crippen molar-refractivity contribution in [3.05, 3.63) is 29.0 Å². The average Bonchev–Trinajstić information content (AvgIpc) is 2.47. The first kappa shape index (κ1) is 21.1. The lowest BCUT2D eigenvalue weighted by Crippen LogP contribution is -2.70. The second kappa shape index (κ2) is 7.52. The molecule has 2 atom stereocenters. The molecular weight excluding hydrogens is 344 g/mol. The van der Waals surface area contributed by atoms with Crippen LogP contribution in [0.5, 0.6) is 0 Å². The highest BCUT2D eigenvalue weighted by Gasteiger charge is 2.63. The topological polar surface area (TPSA) is 51.7 Å². The summed E-state index contributed by atoms with van der Waals surface area (Å²) in [4.78, 5) is 18.9. The summed E-state index contributed by atoms with van der Waals surface area (Å²) < 4.78 is 11.0. The lowest BCUT2D eigenvalue weighted by molar-refractivity contribution is -0.201. The third kappa shape index (κ3) is 3.12. The van der Waals surface area contributed by atoms with Crippen molar-refractivity contribution in [1.82, 2.24) is 9.88 Å². The Morgan fingerprint density at radius 1 is 1.33 bits per heavy atom. The van der Waals surface area contributed by atoms with Crippen LogP contribution in [-0.2, 0) is 19.4 Å². The molecule has 0 saturated carbocycles. The van der Waals surface area contributed by atoms with Crippen LogP contribution in [-0.4, -0.2) is 52.8 Å². The Morgan fingerprint density at radius 2 is 1.92 bits per heavy atom. The molecule has 1 rings (SSSR count). The van der Waals surface area contributed by atoms with E-state index < -0.39 is 22.5 Å². The third-order valence-electron chi connectivity index (χ3n) is 4.81. The van der Waals surface area contributed by atoms with E-state index in [1.54, 1.807) is 38.2 Å². The lowest BCUT2D eigenvalue weighted by Gasteiger charge is -2.55. The van der Waals surface area contributed by atoms with E-state index >= 15 is 0 Å². The predicted molar refractivity (Wildman–Crippen MR) is 95.9 cm³/mol. The maximum Gasteiger partial charge on any atom is 0.354 e. The highest BCUT2D eigenvalue weighted by atomic mass is 35.5. The quantitative estimate of drug-likeness (QED) is 0.334. The van der Waals surface area contributed by atoms with Gasteiger partial charge in [0.05, 0.1) is 12.0 Å². The number of carbonyl (C=O) groups excluding carboxylic acids is 1. The molecule has 133 valence electrons. The van der Waals surface area contributed by atoms with Crippen LogP contribution in [0.25, 0.3) is 0 Å². The Labute approximate surface area is 153 Å². The van der Waals surface area contributed by atoms with Crippen LogP contribution < -0.4 is 0 Å². The van der Waals surface area contributed by atoms with E-state index in [1.165, 1.54) is 0 Å². The van der Waals surface area contributed by atoms with Gasteiger partial charge in [-0.25, -0.2) is 9.78 Å². The SMILES string of the molecule is CCOC(=O)C(O[Si])(N(C)C)C(C)(c1cccnc1Cl)C(C)(C)C. The number of likely N-dealkylation sites (N-methyl/N-ethyl adjacent to an activating group) is 1. The summed E-state index contributed by atoms with van der Waals surface area (Å²) in [6, 6.07) is 3.66. The largest absolute Gasteiger partial charge is 0.463 e. The van der Waals surface area contributed by atoms with Crippen molar-refractivity contribution < 1.29 is 14.0 Å². The normalized spacial score (nSPS) is 17.2. The van der Waals surface area contributed by atoms with Gasteiger partial charge in [-0.15, -0.1) is 0 Å². The van der Waals surface area contributed by atoms with Gasteiger partial charge in [0.15, 0.2) is 0 Å². The van der Waals surface area contributed by atoms with E-state index in [9.17, 15) is 4.79 Å². The minimum atomic E-state index is -1.45.